The van der Waals surface area contributed by atoms with Crippen LogP contribution in [0.3, 0.4) is 0 Å². The summed E-state index contributed by atoms with van der Waals surface area (Å²) in [6, 6.07) is 4.22. The average molecular weight is 281 g/mol. The van der Waals surface area contributed by atoms with E-state index in [4.69, 9.17) is 14.8 Å². The van der Waals surface area contributed by atoms with E-state index in [1.54, 1.807) is 6.07 Å². The minimum atomic E-state index is -1.64. The van der Waals surface area contributed by atoms with E-state index in [1.807, 2.05) is 6.92 Å². The molecule has 0 amide bonds. The highest BCUT2D eigenvalue weighted by Crippen LogP contribution is 2.16. The molecule has 1 atom stereocenters. The van der Waals surface area contributed by atoms with Crippen molar-refractivity contribution in [2.24, 2.45) is 0 Å². The molecule has 4 nitrogen and oxygen atoms in total. The van der Waals surface area contributed by atoms with Crippen molar-refractivity contribution < 1.29 is 19.2 Å². The van der Waals surface area contributed by atoms with E-state index in [1.165, 1.54) is 6.07 Å². The van der Waals surface area contributed by atoms with Crippen molar-refractivity contribution in [2.75, 3.05) is 19.7 Å². The van der Waals surface area contributed by atoms with E-state index >= 15 is 0 Å². The van der Waals surface area contributed by atoms with Gasteiger partial charge in [0.1, 0.15) is 5.82 Å². The van der Waals surface area contributed by atoms with Crippen molar-refractivity contribution in [1.82, 2.24) is 4.90 Å². The molecule has 6 heteroatoms. The van der Waals surface area contributed by atoms with Crippen molar-refractivity contribution in [1.29, 1.82) is 0 Å². The molecule has 110 valence electrons. The fourth-order valence-electron chi connectivity index (χ4n) is 2.70. The second kappa shape index (κ2) is 7.17. The lowest BCUT2D eigenvalue weighted by atomic mass is 9.79. The van der Waals surface area contributed by atoms with Crippen LogP contribution < -0.4 is 5.46 Å². The van der Waals surface area contributed by atoms with Crippen LogP contribution in [-0.4, -0.2) is 47.9 Å². The highest BCUT2D eigenvalue weighted by molar-refractivity contribution is 6.58. The zero-order valence-electron chi connectivity index (χ0n) is 11.8. The quantitative estimate of drug-likeness (QED) is 0.772. The van der Waals surface area contributed by atoms with Crippen molar-refractivity contribution in [2.45, 2.75) is 32.4 Å². The first-order valence-corrected chi connectivity index (χ1v) is 7.08. The van der Waals surface area contributed by atoms with Gasteiger partial charge in [-0.1, -0.05) is 6.07 Å². The van der Waals surface area contributed by atoms with Crippen LogP contribution in [0, 0.1) is 5.82 Å². The molecule has 0 spiro atoms. The summed E-state index contributed by atoms with van der Waals surface area (Å²) < 4.78 is 19.1. The Labute approximate surface area is 119 Å². The van der Waals surface area contributed by atoms with E-state index in [0.29, 0.717) is 13.2 Å². The number of likely N-dealkylation sites (tertiary alicyclic amines) is 1. The number of piperidine rings is 1. The van der Waals surface area contributed by atoms with Crippen molar-refractivity contribution in [3.05, 3.63) is 29.6 Å². The Bertz CT molecular complexity index is 442. The Morgan fingerprint density at radius 1 is 1.40 bits per heavy atom. The van der Waals surface area contributed by atoms with Crippen LogP contribution >= 0.6 is 0 Å². The zero-order valence-corrected chi connectivity index (χ0v) is 11.8. The maximum absolute atomic E-state index is 13.5. The first-order valence-electron chi connectivity index (χ1n) is 7.08. The lowest BCUT2D eigenvalue weighted by Gasteiger charge is -2.32. The highest BCUT2D eigenvalue weighted by atomic mass is 19.1. The zero-order chi connectivity index (χ0) is 14.5. The average Bonchev–Trinajstić information content (AvgIpc) is 2.38. The monoisotopic (exact) mass is 281 g/mol. The number of hydrogen-bond donors (Lipinski definition) is 2. The van der Waals surface area contributed by atoms with Crippen LogP contribution in [0.15, 0.2) is 18.2 Å². The van der Waals surface area contributed by atoms with Gasteiger partial charge in [-0.2, -0.15) is 0 Å². The summed E-state index contributed by atoms with van der Waals surface area (Å²) in [5, 5.41) is 18.3. The Kier molecular flexibility index (Phi) is 5.54. The van der Waals surface area contributed by atoms with Gasteiger partial charge < -0.3 is 14.8 Å². The maximum atomic E-state index is 13.5. The minimum absolute atomic E-state index is 0.193. The Morgan fingerprint density at radius 3 is 2.90 bits per heavy atom. The molecule has 1 saturated heterocycles. The Morgan fingerprint density at radius 2 is 2.20 bits per heavy atom. The summed E-state index contributed by atoms with van der Waals surface area (Å²) in [6.45, 7) is 5.08. The van der Waals surface area contributed by atoms with E-state index in [-0.39, 0.29) is 11.6 Å². The molecule has 0 aromatic heterocycles. The Balaban J connectivity index is 2.02. The van der Waals surface area contributed by atoms with Gasteiger partial charge in [-0.15, -0.1) is 0 Å². The first kappa shape index (κ1) is 15.4. The second-order valence-corrected chi connectivity index (χ2v) is 5.22. The van der Waals surface area contributed by atoms with Crippen molar-refractivity contribution >= 4 is 12.6 Å². The summed E-state index contributed by atoms with van der Waals surface area (Å²) in [6.07, 6.45) is 2.37. The summed E-state index contributed by atoms with van der Waals surface area (Å²) >= 11 is 0. The van der Waals surface area contributed by atoms with Crippen LogP contribution in [0.1, 0.15) is 25.3 Å². The molecule has 1 aliphatic heterocycles. The van der Waals surface area contributed by atoms with Crippen LogP contribution in [0.5, 0.6) is 0 Å². The molecule has 0 saturated carbocycles. The predicted octanol–water partition coefficient (Wildman–Crippen LogP) is 0.506. The van der Waals surface area contributed by atoms with Crippen molar-refractivity contribution in [3.8, 4) is 0 Å². The third-order valence-corrected chi connectivity index (χ3v) is 3.55. The molecule has 1 unspecified atom stereocenters. The fraction of sp³-hybridized carbons (Fsp3) is 0.571. The van der Waals surface area contributed by atoms with E-state index in [9.17, 15) is 4.39 Å². The van der Waals surface area contributed by atoms with Crippen LogP contribution in [0.4, 0.5) is 4.39 Å². The van der Waals surface area contributed by atoms with Gasteiger partial charge in [0.15, 0.2) is 0 Å². The summed E-state index contributed by atoms with van der Waals surface area (Å²) in [5.74, 6) is -0.441. The molecular formula is C14H21BFNO3. The van der Waals surface area contributed by atoms with Crippen LogP contribution in [0.25, 0.3) is 0 Å². The van der Waals surface area contributed by atoms with Gasteiger partial charge in [0, 0.05) is 19.7 Å². The normalized spacial score (nSPS) is 20.1. The number of hydrogen-bond acceptors (Lipinski definition) is 4. The van der Waals surface area contributed by atoms with Gasteiger partial charge >= 0.3 is 7.12 Å². The van der Waals surface area contributed by atoms with Gasteiger partial charge in [-0.3, -0.25) is 4.90 Å². The third-order valence-electron chi connectivity index (χ3n) is 3.55. The fourth-order valence-corrected chi connectivity index (χ4v) is 2.70. The lowest BCUT2D eigenvalue weighted by molar-refractivity contribution is 0.00362. The molecule has 0 radical (unpaired) electrons. The highest BCUT2D eigenvalue weighted by Gasteiger charge is 2.21. The van der Waals surface area contributed by atoms with Gasteiger partial charge in [-0.05, 0) is 49.5 Å². The van der Waals surface area contributed by atoms with E-state index < -0.39 is 12.9 Å². The topological polar surface area (TPSA) is 52.9 Å². The lowest BCUT2D eigenvalue weighted by Crippen LogP contribution is -2.39. The molecule has 1 fully saturated rings. The smallest absolute Gasteiger partial charge is 0.423 e. The minimum Gasteiger partial charge on any atom is -0.423 e. The largest absolute Gasteiger partial charge is 0.488 e. The standard InChI is InChI=1S/C14H21BFNO3/c1-2-20-14-4-3-5-17(10-14)9-11-6-12(15(18)19)8-13(16)7-11/h6-8,14,18-19H,2-5,9-10H2,1H3. The SMILES string of the molecule is CCOC1CCCN(Cc2cc(F)cc(B(O)O)c2)C1. The number of rotatable bonds is 5. The first-order chi connectivity index (χ1) is 9.58. The molecule has 1 aromatic carbocycles. The van der Waals surface area contributed by atoms with E-state index in [2.05, 4.69) is 4.90 Å². The second-order valence-electron chi connectivity index (χ2n) is 5.22. The predicted molar refractivity (Wildman–Crippen MR) is 76.2 cm³/mol. The number of nitrogens with zero attached hydrogens (tertiary/aromatic N) is 1. The molecule has 1 aromatic rings. The van der Waals surface area contributed by atoms with Crippen molar-refractivity contribution in [3.63, 3.8) is 0 Å². The van der Waals surface area contributed by atoms with Crippen LogP contribution in [-0.2, 0) is 11.3 Å². The van der Waals surface area contributed by atoms with E-state index in [0.717, 1.165) is 37.6 Å². The van der Waals surface area contributed by atoms with Crippen LogP contribution in [0.2, 0.25) is 0 Å². The van der Waals surface area contributed by atoms with Gasteiger partial charge in [0.05, 0.1) is 6.10 Å². The summed E-state index contributed by atoms with van der Waals surface area (Å²) in [4.78, 5) is 2.21. The number of halogens is 1. The maximum Gasteiger partial charge on any atom is 0.488 e. The van der Waals surface area contributed by atoms with Gasteiger partial charge in [0.2, 0.25) is 0 Å². The number of ether oxygens (including phenoxy) is 1. The number of benzene rings is 1. The molecule has 0 bridgehead atoms. The summed E-state index contributed by atoms with van der Waals surface area (Å²) in [7, 11) is -1.64. The summed E-state index contributed by atoms with van der Waals surface area (Å²) in [5.41, 5.74) is 0.948. The van der Waals surface area contributed by atoms with Gasteiger partial charge in [0.25, 0.3) is 0 Å². The third kappa shape index (κ3) is 4.28. The molecule has 0 aliphatic carbocycles. The molecule has 1 aliphatic rings. The Hall–Kier alpha value is -0.945. The van der Waals surface area contributed by atoms with Gasteiger partial charge in [-0.25, -0.2) is 4.39 Å². The molecular weight excluding hydrogens is 260 g/mol. The molecule has 2 rings (SSSR count). The molecule has 20 heavy (non-hydrogen) atoms. The molecule has 1 heterocycles. The molecule has 2 N–H and O–H groups in total.